The van der Waals surface area contributed by atoms with E-state index in [0.717, 1.165) is 29.3 Å². The Balaban J connectivity index is 0.000000471. The zero-order chi connectivity index (χ0) is 17.9. The van der Waals surface area contributed by atoms with Crippen molar-refractivity contribution in [2.45, 2.75) is 6.92 Å². The Morgan fingerprint density at radius 1 is 1.29 bits per heavy atom. The summed E-state index contributed by atoms with van der Waals surface area (Å²) >= 11 is 0. The molecule has 1 aromatic rings. The molecule has 0 radical (unpaired) electrons. The Hall–Kier alpha value is -3.09. The van der Waals surface area contributed by atoms with Gasteiger partial charge in [-0.15, -0.1) is 0 Å². The molecule has 3 rings (SSSR count). The summed E-state index contributed by atoms with van der Waals surface area (Å²) in [5.41, 5.74) is 8.60. The van der Waals surface area contributed by atoms with Gasteiger partial charge in [0.1, 0.15) is 31.1 Å². The quantitative estimate of drug-likeness (QED) is 0.391. The maximum Gasteiger partial charge on any atom is 0.203 e. The summed E-state index contributed by atoms with van der Waals surface area (Å²) in [7, 11) is 5.55. The van der Waals surface area contributed by atoms with Gasteiger partial charge in [-0.05, 0) is 13.0 Å². The summed E-state index contributed by atoms with van der Waals surface area (Å²) in [6, 6.07) is 9.43. The molecule has 0 atom stereocenters. The van der Waals surface area contributed by atoms with E-state index < -0.39 is 5.97 Å². The lowest BCUT2D eigenvalue weighted by Crippen LogP contribution is -2.21. The van der Waals surface area contributed by atoms with Crippen LogP contribution in [-0.4, -0.2) is 32.2 Å². The minimum absolute atomic E-state index is 0.536. The Labute approximate surface area is 139 Å². The summed E-state index contributed by atoms with van der Waals surface area (Å²) in [5.74, 6) is 0.248. The van der Waals surface area contributed by atoms with Gasteiger partial charge in [0.15, 0.2) is 11.3 Å². The van der Waals surface area contributed by atoms with E-state index >= 15 is 0 Å². The number of nitrogens with two attached hydrogens (primary N) is 1. The second kappa shape index (κ2) is 6.99. The van der Waals surface area contributed by atoms with Crippen molar-refractivity contribution in [3.63, 3.8) is 0 Å². The van der Waals surface area contributed by atoms with Crippen LogP contribution < -0.4 is 25.5 Å². The van der Waals surface area contributed by atoms with Crippen molar-refractivity contribution in [3.05, 3.63) is 35.7 Å². The Morgan fingerprint density at radius 3 is 2.54 bits per heavy atom. The second-order valence-electron chi connectivity index (χ2n) is 5.31. The first kappa shape index (κ1) is 17.3. The molecule has 0 saturated heterocycles. The average molecular weight is 329 g/mol. The number of nitrogen functional groups attached to an aromatic ring is 1. The molecule has 2 N–H and O–H groups in total. The molecule has 7 heteroatoms. The number of carboxylic acids is 1. The number of ether oxygens (including phenoxy) is 1. The second-order valence-corrected chi connectivity index (χ2v) is 5.31. The molecule has 1 aliphatic carbocycles. The van der Waals surface area contributed by atoms with Gasteiger partial charge in [0.05, 0.1) is 18.9 Å². The minimum atomic E-state index is -1.08. The lowest BCUT2D eigenvalue weighted by Gasteiger charge is -2.08. The highest BCUT2D eigenvalue weighted by Crippen LogP contribution is 2.30. The van der Waals surface area contributed by atoms with Gasteiger partial charge in [-0.1, -0.05) is 0 Å². The highest BCUT2D eigenvalue weighted by atomic mass is 16.5. The van der Waals surface area contributed by atoms with Gasteiger partial charge in [0, 0.05) is 24.2 Å². The molecule has 1 aliphatic heterocycles. The number of anilines is 1. The van der Waals surface area contributed by atoms with Gasteiger partial charge < -0.3 is 24.8 Å². The smallest absolute Gasteiger partial charge is 0.203 e. The van der Waals surface area contributed by atoms with Crippen LogP contribution >= 0.6 is 0 Å². The molecule has 2 aliphatic rings. The topological polar surface area (TPSA) is 104 Å². The van der Waals surface area contributed by atoms with Crippen LogP contribution in [0.1, 0.15) is 6.92 Å². The van der Waals surface area contributed by atoms with Crippen LogP contribution in [0.25, 0.3) is 22.6 Å². The van der Waals surface area contributed by atoms with Crippen LogP contribution in [0.3, 0.4) is 0 Å². The van der Waals surface area contributed by atoms with Crippen LogP contribution in [0, 0.1) is 0 Å². The van der Waals surface area contributed by atoms with Crippen LogP contribution in [-0.2, 0) is 4.79 Å². The predicted octanol–water partition coefficient (Wildman–Crippen LogP) is 0.311. The van der Waals surface area contributed by atoms with E-state index in [-0.39, 0.29) is 0 Å². The van der Waals surface area contributed by atoms with Crippen molar-refractivity contribution < 1.29 is 19.1 Å². The van der Waals surface area contributed by atoms with Gasteiger partial charge in [0.2, 0.25) is 5.36 Å². The number of carboxylic acid groups (broad SMARTS) is 1. The number of aliphatic carboxylic acids is 1. The standard InChI is InChI=1S/C15H15N3O2.C2H4O2/c1-18(2)9-4-5-11-14(6-9)20-15-7-10(16)13(19-3)8-12(15)17-11;1-2(3)4/h4-8,16H,1-3H3;1H3,(H,3,4). The van der Waals surface area contributed by atoms with Gasteiger partial charge >= 0.3 is 0 Å². The number of nitrogens with zero attached hydrogens (tertiary/aromatic N) is 2. The molecule has 126 valence electrons. The van der Waals surface area contributed by atoms with Crippen LogP contribution in [0.2, 0.25) is 0 Å². The van der Waals surface area contributed by atoms with Crippen LogP contribution in [0.5, 0.6) is 5.75 Å². The third kappa shape index (κ3) is 3.81. The van der Waals surface area contributed by atoms with E-state index in [9.17, 15) is 0 Å². The number of aromatic nitrogens is 1. The summed E-state index contributed by atoms with van der Waals surface area (Å²) in [6.45, 7) is 0.972. The zero-order valence-corrected chi connectivity index (χ0v) is 14.0. The van der Waals surface area contributed by atoms with E-state index in [4.69, 9.17) is 24.8 Å². The molecule has 0 unspecified atom stereocenters. The molecule has 1 heterocycles. The number of methoxy groups -OCH3 is 1. The molecule has 7 nitrogen and oxygen atoms in total. The Bertz CT molecular complexity index is 923. The fraction of sp³-hybridized carbons (Fsp3) is 0.235. The summed E-state index contributed by atoms with van der Waals surface area (Å²) < 4.78 is 13.1. The molecule has 0 bridgehead atoms. The maximum absolute atomic E-state index is 8.89. The van der Waals surface area contributed by atoms with Gasteiger partial charge in [0.25, 0.3) is 0 Å². The number of carbonyl (C=O) groups excluding carboxylic acids is 1. The number of rotatable bonds is 1. The van der Waals surface area contributed by atoms with Crippen molar-refractivity contribution >= 4 is 22.8 Å². The van der Waals surface area contributed by atoms with Gasteiger partial charge in [-0.2, -0.15) is 0 Å². The summed E-state index contributed by atoms with van der Waals surface area (Å²) in [6.07, 6.45) is 0. The first-order chi connectivity index (χ1) is 11.3. The van der Waals surface area contributed by atoms with Crippen molar-refractivity contribution in [3.8, 4) is 17.2 Å². The highest BCUT2D eigenvalue weighted by molar-refractivity contribution is 5.82. The lowest BCUT2D eigenvalue weighted by atomic mass is 10.2. The first-order valence-corrected chi connectivity index (χ1v) is 7.18. The van der Waals surface area contributed by atoms with Gasteiger partial charge in [-0.25, -0.2) is 9.56 Å². The molecular weight excluding hydrogens is 310 g/mol. The van der Waals surface area contributed by atoms with Gasteiger partial charge in [-0.3, -0.25) is 0 Å². The van der Waals surface area contributed by atoms with Crippen LogP contribution in [0.15, 0.2) is 34.7 Å². The minimum Gasteiger partial charge on any atom is -0.550 e. The average Bonchev–Trinajstić information content (AvgIpc) is 2.51. The number of hydrogen-bond donors (Lipinski definition) is 1. The van der Waals surface area contributed by atoms with Crippen molar-refractivity contribution in [1.82, 2.24) is 9.56 Å². The monoisotopic (exact) mass is 329 g/mol. The molecule has 1 aromatic carbocycles. The fourth-order valence-electron chi connectivity index (χ4n) is 2.11. The van der Waals surface area contributed by atoms with Crippen LogP contribution in [0.4, 0.5) is 5.69 Å². The highest BCUT2D eigenvalue weighted by Gasteiger charge is 2.12. The number of fused-ring (bicyclic) bond motifs is 2. The largest absolute Gasteiger partial charge is 0.550 e. The predicted molar refractivity (Wildman–Crippen MR) is 89.4 cm³/mol. The summed E-state index contributed by atoms with van der Waals surface area (Å²) in [4.78, 5) is 13.5. The zero-order valence-electron chi connectivity index (χ0n) is 14.0. The van der Waals surface area contributed by atoms with Crippen molar-refractivity contribution in [2.24, 2.45) is 0 Å². The maximum atomic E-state index is 8.89. The Kier molecular flexibility index (Phi) is 5.03. The molecule has 0 spiro atoms. The third-order valence-corrected chi connectivity index (χ3v) is 3.23. The fourth-order valence-corrected chi connectivity index (χ4v) is 2.11. The van der Waals surface area contributed by atoms with E-state index in [0.29, 0.717) is 17.0 Å². The first-order valence-electron chi connectivity index (χ1n) is 7.18. The molecule has 24 heavy (non-hydrogen) atoms. The SMILES string of the molecule is CC(=O)[O-].COc1cc2nc3ccc(=[N+](C)C)cc-3oc2cc1N. The van der Waals surface area contributed by atoms with E-state index in [1.54, 1.807) is 19.2 Å². The molecule has 0 amide bonds. The molecule has 0 fully saturated rings. The third-order valence-electron chi connectivity index (χ3n) is 3.23. The van der Waals surface area contributed by atoms with E-state index in [2.05, 4.69) is 4.98 Å². The molecule has 0 saturated carbocycles. The van der Waals surface area contributed by atoms with Crippen molar-refractivity contribution in [1.29, 1.82) is 0 Å². The molecular formula is C17H19N3O4. The lowest BCUT2D eigenvalue weighted by molar-refractivity contribution is -0.302. The van der Waals surface area contributed by atoms with Crippen molar-refractivity contribution in [2.75, 3.05) is 26.9 Å². The summed E-state index contributed by atoms with van der Waals surface area (Å²) in [5, 5.41) is 9.95. The normalized spacial score (nSPS) is 10.2. The molecule has 0 aromatic heterocycles. The van der Waals surface area contributed by atoms with E-state index in [1.165, 1.54) is 0 Å². The Morgan fingerprint density at radius 2 is 1.96 bits per heavy atom. The van der Waals surface area contributed by atoms with E-state index in [1.807, 2.05) is 36.9 Å². The number of carbonyl (C=O) groups is 1. The number of hydrogen-bond acceptors (Lipinski definition) is 6. The number of benzene rings is 2.